The van der Waals surface area contributed by atoms with Crippen LogP contribution in [0.2, 0.25) is 5.02 Å². The van der Waals surface area contributed by atoms with Crippen molar-refractivity contribution < 1.29 is 0 Å². The first-order chi connectivity index (χ1) is 12.1. The number of hydrogen-bond acceptors (Lipinski definition) is 6. The average molecular weight is 374 g/mol. The van der Waals surface area contributed by atoms with E-state index in [9.17, 15) is 4.79 Å². The van der Waals surface area contributed by atoms with Crippen molar-refractivity contribution in [3.05, 3.63) is 75.0 Å². The van der Waals surface area contributed by atoms with Gasteiger partial charge in [-0.15, -0.1) is 10.2 Å². The SMILES string of the molecule is Cc1c(Cl)cccc1Nc1nnc(SCc2ccccc2)n(N)c1=O. The van der Waals surface area contributed by atoms with Crippen LogP contribution in [0, 0.1) is 6.92 Å². The molecule has 1 heterocycles. The molecule has 2 aromatic carbocycles. The van der Waals surface area contributed by atoms with Gasteiger partial charge in [-0.25, -0.2) is 0 Å². The summed E-state index contributed by atoms with van der Waals surface area (Å²) in [6.07, 6.45) is 0. The van der Waals surface area contributed by atoms with Gasteiger partial charge in [0.1, 0.15) is 0 Å². The molecule has 0 saturated carbocycles. The van der Waals surface area contributed by atoms with E-state index in [0.717, 1.165) is 15.8 Å². The molecule has 0 saturated heterocycles. The summed E-state index contributed by atoms with van der Waals surface area (Å²) in [5.74, 6) is 6.58. The number of nitrogens with two attached hydrogens (primary N) is 1. The molecule has 128 valence electrons. The molecule has 8 heteroatoms. The molecule has 0 aliphatic carbocycles. The Kier molecular flexibility index (Phi) is 5.25. The Labute approximate surface area is 154 Å². The smallest absolute Gasteiger partial charge is 0.315 e. The maximum absolute atomic E-state index is 12.4. The van der Waals surface area contributed by atoms with Crippen molar-refractivity contribution in [1.29, 1.82) is 0 Å². The van der Waals surface area contributed by atoms with Gasteiger partial charge in [-0.1, -0.05) is 59.8 Å². The molecule has 0 aliphatic heterocycles. The third-order valence-corrected chi connectivity index (χ3v) is 5.02. The van der Waals surface area contributed by atoms with Gasteiger partial charge in [-0.05, 0) is 30.2 Å². The maximum Gasteiger partial charge on any atom is 0.315 e. The second-order valence-corrected chi connectivity index (χ2v) is 6.67. The molecule has 0 atom stereocenters. The zero-order valence-corrected chi connectivity index (χ0v) is 15.0. The van der Waals surface area contributed by atoms with Gasteiger partial charge in [-0.3, -0.25) is 4.79 Å². The Morgan fingerprint density at radius 2 is 1.92 bits per heavy atom. The summed E-state index contributed by atoms with van der Waals surface area (Å²) >= 11 is 7.44. The highest BCUT2D eigenvalue weighted by Gasteiger charge is 2.12. The number of nitrogens with one attached hydrogen (secondary N) is 1. The number of nitrogen functional groups attached to an aromatic ring is 1. The molecule has 0 bridgehead atoms. The average Bonchev–Trinajstić information content (AvgIpc) is 2.63. The second-order valence-electron chi connectivity index (χ2n) is 5.32. The number of nitrogens with zero attached hydrogens (tertiary/aromatic N) is 3. The topological polar surface area (TPSA) is 85.8 Å². The van der Waals surface area contributed by atoms with E-state index in [1.165, 1.54) is 11.8 Å². The first-order valence-corrected chi connectivity index (χ1v) is 8.86. The molecule has 0 spiro atoms. The third kappa shape index (κ3) is 3.94. The zero-order chi connectivity index (χ0) is 17.8. The summed E-state index contributed by atoms with van der Waals surface area (Å²) in [5, 5.41) is 11.9. The van der Waals surface area contributed by atoms with Crippen LogP contribution in [0.25, 0.3) is 0 Å². The molecule has 3 aromatic rings. The van der Waals surface area contributed by atoms with Gasteiger partial charge in [-0.2, -0.15) is 4.68 Å². The highest BCUT2D eigenvalue weighted by molar-refractivity contribution is 7.98. The number of thioether (sulfide) groups is 1. The van der Waals surface area contributed by atoms with Crippen molar-refractivity contribution >= 4 is 34.9 Å². The van der Waals surface area contributed by atoms with E-state index in [2.05, 4.69) is 15.5 Å². The van der Waals surface area contributed by atoms with Gasteiger partial charge in [0.2, 0.25) is 11.0 Å². The van der Waals surface area contributed by atoms with Crippen LogP contribution < -0.4 is 16.7 Å². The number of halogens is 1. The lowest BCUT2D eigenvalue weighted by Crippen LogP contribution is -2.32. The third-order valence-electron chi connectivity index (χ3n) is 3.59. The Morgan fingerprint density at radius 3 is 2.68 bits per heavy atom. The van der Waals surface area contributed by atoms with Crippen LogP contribution >= 0.6 is 23.4 Å². The second kappa shape index (κ2) is 7.58. The van der Waals surface area contributed by atoms with E-state index in [0.29, 0.717) is 21.6 Å². The number of hydrogen-bond donors (Lipinski definition) is 2. The summed E-state index contributed by atoms with van der Waals surface area (Å²) < 4.78 is 1.00. The summed E-state index contributed by atoms with van der Waals surface area (Å²) in [4.78, 5) is 12.4. The minimum absolute atomic E-state index is 0.0527. The van der Waals surface area contributed by atoms with Gasteiger partial charge in [0.15, 0.2) is 0 Å². The van der Waals surface area contributed by atoms with E-state index in [1.807, 2.05) is 37.3 Å². The molecular formula is C17H16ClN5OS. The number of rotatable bonds is 5. The van der Waals surface area contributed by atoms with Gasteiger partial charge in [0.05, 0.1) is 0 Å². The molecule has 0 amide bonds. The lowest BCUT2D eigenvalue weighted by atomic mass is 10.2. The molecule has 0 aliphatic rings. The molecule has 6 nitrogen and oxygen atoms in total. The largest absolute Gasteiger partial charge is 0.334 e. The summed E-state index contributed by atoms with van der Waals surface area (Å²) in [6.45, 7) is 1.85. The minimum atomic E-state index is -0.454. The maximum atomic E-state index is 12.4. The molecule has 0 unspecified atom stereocenters. The summed E-state index contributed by atoms with van der Waals surface area (Å²) in [5.41, 5.74) is 2.16. The number of benzene rings is 2. The molecular weight excluding hydrogens is 358 g/mol. The van der Waals surface area contributed by atoms with Crippen LogP contribution in [0.5, 0.6) is 0 Å². The highest BCUT2D eigenvalue weighted by atomic mass is 35.5. The summed E-state index contributed by atoms with van der Waals surface area (Å²) in [7, 11) is 0. The van der Waals surface area contributed by atoms with Gasteiger partial charge in [0.25, 0.3) is 0 Å². The van der Waals surface area contributed by atoms with E-state index in [1.54, 1.807) is 18.2 Å². The predicted molar refractivity (Wildman–Crippen MR) is 102 cm³/mol. The van der Waals surface area contributed by atoms with Crippen molar-refractivity contribution in [2.75, 3.05) is 11.2 Å². The quantitative estimate of drug-likeness (QED) is 0.527. The molecule has 1 aromatic heterocycles. The molecule has 25 heavy (non-hydrogen) atoms. The van der Waals surface area contributed by atoms with Crippen LogP contribution in [-0.2, 0) is 5.75 Å². The van der Waals surface area contributed by atoms with Crippen molar-refractivity contribution in [1.82, 2.24) is 14.9 Å². The fourth-order valence-corrected chi connectivity index (χ4v) is 3.14. The molecule has 3 rings (SSSR count). The Balaban J connectivity index is 1.80. The van der Waals surface area contributed by atoms with E-state index in [4.69, 9.17) is 17.4 Å². The normalized spacial score (nSPS) is 10.6. The van der Waals surface area contributed by atoms with Gasteiger partial charge in [0, 0.05) is 16.5 Å². The lowest BCUT2D eigenvalue weighted by molar-refractivity contribution is 0.705. The highest BCUT2D eigenvalue weighted by Crippen LogP contribution is 2.25. The first-order valence-electron chi connectivity index (χ1n) is 7.50. The number of aromatic nitrogens is 3. The molecule has 0 radical (unpaired) electrons. The van der Waals surface area contributed by atoms with Gasteiger partial charge >= 0.3 is 5.56 Å². The Bertz CT molecular complexity index is 946. The first kappa shape index (κ1) is 17.3. The van der Waals surface area contributed by atoms with E-state index >= 15 is 0 Å². The van der Waals surface area contributed by atoms with Crippen LogP contribution in [-0.4, -0.2) is 14.9 Å². The van der Waals surface area contributed by atoms with E-state index in [-0.39, 0.29) is 5.82 Å². The van der Waals surface area contributed by atoms with Crippen LogP contribution in [0.15, 0.2) is 58.5 Å². The van der Waals surface area contributed by atoms with Crippen LogP contribution in [0.4, 0.5) is 11.5 Å². The predicted octanol–water partition coefficient (Wildman–Crippen LogP) is 3.35. The van der Waals surface area contributed by atoms with Crippen LogP contribution in [0.1, 0.15) is 11.1 Å². The Hall–Kier alpha value is -2.51. The monoisotopic (exact) mass is 373 g/mol. The van der Waals surface area contributed by atoms with Crippen molar-refractivity contribution in [3.63, 3.8) is 0 Å². The fraction of sp³-hybridized carbons (Fsp3) is 0.118. The molecule has 0 fully saturated rings. The van der Waals surface area contributed by atoms with E-state index < -0.39 is 5.56 Å². The van der Waals surface area contributed by atoms with Gasteiger partial charge < -0.3 is 11.2 Å². The standard InChI is InChI=1S/C17H16ClN5OS/c1-11-13(18)8-5-9-14(11)20-15-16(24)23(19)17(22-21-15)25-10-12-6-3-2-4-7-12/h2-9H,10,19H2,1H3,(H,20,21). The molecule has 3 N–H and O–H groups in total. The number of anilines is 2. The van der Waals surface area contributed by atoms with Crippen molar-refractivity contribution in [2.45, 2.75) is 17.8 Å². The fourth-order valence-electron chi connectivity index (χ4n) is 2.15. The van der Waals surface area contributed by atoms with Crippen molar-refractivity contribution in [2.24, 2.45) is 0 Å². The Morgan fingerprint density at radius 1 is 1.16 bits per heavy atom. The van der Waals surface area contributed by atoms with Crippen LogP contribution in [0.3, 0.4) is 0 Å². The van der Waals surface area contributed by atoms with Crippen molar-refractivity contribution in [3.8, 4) is 0 Å². The lowest BCUT2D eigenvalue weighted by Gasteiger charge is -2.11. The zero-order valence-electron chi connectivity index (χ0n) is 13.4. The minimum Gasteiger partial charge on any atom is -0.334 e. The summed E-state index contributed by atoms with van der Waals surface area (Å²) in [6, 6.07) is 15.2.